The summed E-state index contributed by atoms with van der Waals surface area (Å²) in [7, 11) is 0. The molecule has 2 fully saturated rings. The number of hydrogen-bond donors (Lipinski definition) is 3. The van der Waals surface area contributed by atoms with Gasteiger partial charge in [0.1, 0.15) is 4.88 Å². The molecule has 0 atom stereocenters. The van der Waals surface area contributed by atoms with Gasteiger partial charge >= 0.3 is 0 Å². The van der Waals surface area contributed by atoms with E-state index in [0.29, 0.717) is 29.1 Å². The van der Waals surface area contributed by atoms with Crippen molar-refractivity contribution in [2.24, 2.45) is 0 Å². The summed E-state index contributed by atoms with van der Waals surface area (Å²) >= 11 is 1.52. The van der Waals surface area contributed by atoms with Gasteiger partial charge in [0.05, 0.1) is 10.7 Å². The molecule has 1 aromatic heterocycles. The molecule has 1 amide bonds. The Morgan fingerprint density at radius 3 is 2.67 bits per heavy atom. The first-order valence-electron chi connectivity index (χ1n) is 7.78. The third kappa shape index (κ3) is 3.07. The predicted octanol–water partition coefficient (Wildman–Crippen LogP) is 3.48. The van der Waals surface area contributed by atoms with Gasteiger partial charge in [-0.05, 0) is 31.6 Å². The molecule has 4 N–H and O–H groups in total. The number of carbonyl (C=O) groups excluding carboxylic acids is 1. The molecule has 2 saturated carbocycles. The molecule has 0 aromatic carbocycles. The Labute approximate surface area is 129 Å². The molecule has 0 aliphatic heterocycles. The third-order valence-corrected chi connectivity index (χ3v) is 5.42. The summed E-state index contributed by atoms with van der Waals surface area (Å²) in [6.07, 6.45) is 9.09. The standard InChI is InChI=1S/C16H23N3OS/c1-2-9-18-15(20)14-13(17)12(10-7-8-10)16(21-14)19-11-5-3-4-6-11/h2,10-11,19H,1,3-9,17H2,(H,18,20). The number of nitrogen functional groups attached to an aromatic ring is 1. The maximum atomic E-state index is 12.2. The highest BCUT2D eigenvalue weighted by atomic mass is 32.1. The summed E-state index contributed by atoms with van der Waals surface area (Å²) < 4.78 is 0. The smallest absolute Gasteiger partial charge is 0.263 e. The summed E-state index contributed by atoms with van der Waals surface area (Å²) in [5, 5.41) is 7.60. The monoisotopic (exact) mass is 305 g/mol. The van der Waals surface area contributed by atoms with Gasteiger partial charge in [-0.3, -0.25) is 4.79 Å². The first-order chi connectivity index (χ1) is 10.2. The van der Waals surface area contributed by atoms with E-state index in [4.69, 9.17) is 5.73 Å². The van der Waals surface area contributed by atoms with Gasteiger partial charge in [-0.15, -0.1) is 17.9 Å². The minimum Gasteiger partial charge on any atom is -0.397 e. The van der Waals surface area contributed by atoms with Gasteiger partial charge in [-0.25, -0.2) is 0 Å². The van der Waals surface area contributed by atoms with E-state index in [1.165, 1.54) is 55.4 Å². The number of rotatable bonds is 6. The van der Waals surface area contributed by atoms with Crippen LogP contribution in [0.25, 0.3) is 0 Å². The molecule has 114 valence electrons. The average molecular weight is 305 g/mol. The van der Waals surface area contributed by atoms with Crippen molar-refractivity contribution in [3.63, 3.8) is 0 Å². The molecule has 0 spiro atoms. The van der Waals surface area contributed by atoms with E-state index in [1.807, 2.05) is 0 Å². The van der Waals surface area contributed by atoms with Crippen molar-refractivity contribution in [2.45, 2.75) is 50.5 Å². The molecule has 0 radical (unpaired) electrons. The Hall–Kier alpha value is -1.49. The van der Waals surface area contributed by atoms with Crippen molar-refractivity contribution < 1.29 is 4.79 Å². The molecule has 2 aliphatic carbocycles. The molecule has 2 aliphatic rings. The Bertz CT molecular complexity index is 542. The fourth-order valence-electron chi connectivity index (χ4n) is 3.01. The van der Waals surface area contributed by atoms with E-state index < -0.39 is 0 Å². The molecule has 5 heteroatoms. The molecule has 0 saturated heterocycles. The second-order valence-corrected chi connectivity index (χ2v) is 7.01. The van der Waals surface area contributed by atoms with Crippen molar-refractivity contribution in [3.8, 4) is 0 Å². The molecule has 1 aromatic rings. The number of amides is 1. The highest BCUT2D eigenvalue weighted by Crippen LogP contribution is 2.51. The summed E-state index contributed by atoms with van der Waals surface area (Å²) in [5.74, 6) is 0.463. The van der Waals surface area contributed by atoms with Gasteiger partial charge in [0.15, 0.2) is 0 Å². The normalized spacial score (nSPS) is 18.7. The van der Waals surface area contributed by atoms with E-state index in [-0.39, 0.29) is 5.91 Å². The molecule has 0 unspecified atom stereocenters. The molecule has 4 nitrogen and oxygen atoms in total. The van der Waals surface area contributed by atoms with Crippen molar-refractivity contribution in [3.05, 3.63) is 23.1 Å². The molecule has 0 bridgehead atoms. The van der Waals surface area contributed by atoms with Crippen LogP contribution in [0, 0.1) is 0 Å². The molecular weight excluding hydrogens is 282 g/mol. The van der Waals surface area contributed by atoms with Crippen LogP contribution in [-0.4, -0.2) is 18.5 Å². The zero-order chi connectivity index (χ0) is 14.8. The summed E-state index contributed by atoms with van der Waals surface area (Å²) in [4.78, 5) is 12.9. The first-order valence-corrected chi connectivity index (χ1v) is 8.60. The van der Waals surface area contributed by atoms with Gasteiger partial charge < -0.3 is 16.4 Å². The lowest BCUT2D eigenvalue weighted by Gasteiger charge is -2.13. The number of nitrogens with two attached hydrogens (primary N) is 1. The number of anilines is 2. The lowest BCUT2D eigenvalue weighted by molar-refractivity contribution is 0.0963. The molecule has 21 heavy (non-hydrogen) atoms. The van der Waals surface area contributed by atoms with Crippen LogP contribution >= 0.6 is 11.3 Å². The lowest BCUT2D eigenvalue weighted by atomic mass is 10.1. The van der Waals surface area contributed by atoms with E-state index in [0.717, 1.165) is 5.00 Å². The van der Waals surface area contributed by atoms with E-state index in [2.05, 4.69) is 17.2 Å². The first kappa shape index (κ1) is 14.4. The minimum absolute atomic E-state index is 0.0845. The molecule has 1 heterocycles. The quantitative estimate of drug-likeness (QED) is 0.705. The largest absolute Gasteiger partial charge is 0.397 e. The number of carbonyl (C=O) groups is 1. The fourth-order valence-corrected chi connectivity index (χ4v) is 4.21. The van der Waals surface area contributed by atoms with Crippen LogP contribution in [0.1, 0.15) is 59.7 Å². The van der Waals surface area contributed by atoms with Gasteiger partial charge in [-0.1, -0.05) is 18.9 Å². The minimum atomic E-state index is -0.0845. The number of nitrogens with one attached hydrogen (secondary N) is 2. The van der Waals surface area contributed by atoms with E-state index in [9.17, 15) is 4.79 Å². The number of hydrogen-bond acceptors (Lipinski definition) is 4. The Balaban J connectivity index is 1.83. The Kier molecular flexibility index (Phi) is 4.19. The lowest BCUT2D eigenvalue weighted by Crippen LogP contribution is -2.23. The summed E-state index contributed by atoms with van der Waals surface area (Å²) in [6, 6.07) is 0.546. The number of thiophene rings is 1. The van der Waals surface area contributed by atoms with Gasteiger partial charge in [-0.2, -0.15) is 0 Å². The fraction of sp³-hybridized carbons (Fsp3) is 0.562. The van der Waals surface area contributed by atoms with Crippen LogP contribution in [0.3, 0.4) is 0 Å². The van der Waals surface area contributed by atoms with Crippen LogP contribution in [0.15, 0.2) is 12.7 Å². The van der Waals surface area contributed by atoms with Crippen LogP contribution in [-0.2, 0) is 0 Å². The molecular formula is C16H23N3OS. The molecule has 3 rings (SSSR count). The Morgan fingerprint density at radius 2 is 2.05 bits per heavy atom. The second kappa shape index (κ2) is 6.10. The van der Waals surface area contributed by atoms with E-state index in [1.54, 1.807) is 6.08 Å². The highest BCUT2D eigenvalue weighted by Gasteiger charge is 2.33. The van der Waals surface area contributed by atoms with Crippen LogP contribution < -0.4 is 16.4 Å². The van der Waals surface area contributed by atoms with Crippen molar-refractivity contribution in [1.29, 1.82) is 0 Å². The highest BCUT2D eigenvalue weighted by molar-refractivity contribution is 7.18. The predicted molar refractivity (Wildman–Crippen MR) is 89.1 cm³/mol. The van der Waals surface area contributed by atoms with Gasteiger partial charge in [0.25, 0.3) is 5.91 Å². The average Bonchev–Trinajstić information content (AvgIpc) is 3.07. The topological polar surface area (TPSA) is 67.2 Å². The van der Waals surface area contributed by atoms with Gasteiger partial charge in [0.2, 0.25) is 0 Å². The van der Waals surface area contributed by atoms with Crippen molar-refractivity contribution in [1.82, 2.24) is 5.32 Å². The zero-order valence-electron chi connectivity index (χ0n) is 12.3. The SMILES string of the molecule is C=CCNC(=O)c1sc(NC2CCCC2)c(C2CC2)c1N. The Morgan fingerprint density at radius 1 is 1.33 bits per heavy atom. The second-order valence-electron chi connectivity index (χ2n) is 5.99. The maximum absolute atomic E-state index is 12.2. The summed E-state index contributed by atoms with van der Waals surface area (Å²) in [5.41, 5.74) is 8.15. The van der Waals surface area contributed by atoms with Crippen LogP contribution in [0.5, 0.6) is 0 Å². The van der Waals surface area contributed by atoms with Gasteiger partial charge in [0, 0.05) is 18.2 Å². The maximum Gasteiger partial charge on any atom is 0.263 e. The summed E-state index contributed by atoms with van der Waals surface area (Å²) in [6.45, 7) is 4.10. The van der Waals surface area contributed by atoms with Crippen molar-refractivity contribution in [2.75, 3.05) is 17.6 Å². The van der Waals surface area contributed by atoms with Crippen LogP contribution in [0.2, 0.25) is 0 Å². The van der Waals surface area contributed by atoms with Crippen LogP contribution in [0.4, 0.5) is 10.7 Å². The van der Waals surface area contributed by atoms with Crippen molar-refractivity contribution >= 4 is 27.9 Å². The van der Waals surface area contributed by atoms with E-state index >= 15 is 0 Å². The third-order valence-electron chi connectivity index (χ3n) is 4.27. The zero-order valence-corrected chi connectivity index (χ0v) is 13.1.